The lowest BCUT2D eigenvalue weighted by Crippen LogP contribution is -1.99. The zero-order chi connectivity index (χ0) is 8.27. The van der Waals surface area contributed by atoms with Gasteiger partial charge >= 0.3 is 0 Å². The van der Waals surface area contributed by atoms with Gasteiger partial charge in [-0.05, 0) is 28.1 Å². The molecule has 0 unspecified atom stereocenters. The highest BCUT2D eigenvalue weighted by Crippen LogP contribution is 2.07. The number of hydrogen-bond donors (Lipinski definition) is 0. The number of nitrogens with zero attached hydrogens (tertiary/aromatic N) is 1. The molecule has 11 heavy (non-hydrogen) atoms. The minimum absolute atomic E-state index is 0.280. The third-order valence-corrected chi connectivity index (χ3v) is 1.55. The first-order chi connectivity index (χ1) is 5.24. The number of carbonyl (C=O) groups is 2. The Balaban J connectivity index is 3.05. The quantitative estimate of drug-likeness (QED) is 0.322. The van der Waals surface area contributed by atoms with Crippen LogP contribution < -0.4 is 0 Å². The molecule has 0 atom stereocenters. The van der Waals surface area contributed by atoms with Crippen LogP contribution in [0.15, 0.2) is 22.9 Å². The highest BCUT2D eigenvalue weighted by atomic mass is 79.9. The number of aldehydes is 1. The molecular weight excluding hydrogens is 210 g/mol. The summed E-state index contributed by atoms with van der Waals surface area (Å²) in [5.74, 6) is -0.534. The van der Waals surface area contributed by atoms with Crippen LogP contribution in [0, 0.1) is 0 Å². The van der Waals surface area contributed by atoms with E-state index in [9.17, 15) is 9.59 Å². The van der Waals surface area contributed by atoms with Crippen LogP contribution in [-0.4, -0.2) is 17.1 Å². The van der Waals surface area contributed by atoms with Crippen LogP contribution in [0.2, 0.25) is 0 Å². The van der Waals surface area contributed by atoms with Gasteiger partial charge in [0, 0.05) is 11.8 Å². The molecule has 0 radical (unpaired) electrons. The lowest BCUT2D eigenvalue weighted by atomic mass is 10.2. The zero-order valence-electron chi connectivity index (χ0n) is 5.45. The molecule has 0 bridgehead atoms. The number of carbonyl (C=O) groups excluding carboxylic acids is 2. The van der Waals surface area contributed by atoms with Crippen molar-refractivity contribution in [1.82, 2.24) is 4.98 Å². The summed E-state index contributed by atoms with van der Waals surface area (Å²) in [6, 6.07) is 2.98. The Morgan fingerprint density at radius 2 is 2.36 bits per heavy atom. The van der Waals surface area contributed by atoms with Crippen molar-refractivity contribution in [2.24, 2.45) is 0 Å². The first-order valence-electron chi connectivity index (χ1n) is 2.85. The fourth-order valence-electron chi connectivity index (χ4n) is 0.624. The van der Waals surface area contributed by atoms with E-state index >= 15 is 0 Å². The smallest absolute Gasteiger partial charge is 0.225 e. The Hall–Kier alpha value is -1.03. The van der Waals surface area contributed by atoms with Gasteiger partial charge in [0.05, 0.1) is 0 Å². The molecule has 0 amide bonds. The van der Waals surface area contributed by atoms with E-state index in [4.69, 9.17) is 0 Å². The molecule has 1 heterocycles. The van der Waals surface area contributed by atoms with Crippen molar-refractivity contribution in [2.45, 2.75) is 0 Å². The second kappa shape index (κ2) is 3.39. The van der Waals surface area contributed by atoms with Crippen LogP contribution in [0.25, 0.3) is 0 Å². The molecular formula is C7H4BrNO2. The molecule has 0 fully saturated rings. The zero-order valence-corrected chi connectivity index (χ0v) is 7.04. The fraction of sp³-hybridized carbons (Fsp3) is 0. The first-order valence-corrected chi connectivity index (χ1v) is 3.64. The van der Waals surface area contributed by atoms with Crippen LogP contribution in [-0.2, 0) is 4.79 Å². The molecule has 0 aromatic carbocycles. The van der Waals surface area contributed by atoms with Gasteiger partial charge in [-0.15, -0.1) is 0 Å². The van der Waals surface area contributed by atoms with Crippen LogP contribution in [0.4, 0.5) is 0 Å². The molecule has 0 spiro atoms. The van der Waals surface area contributed by atoms with Crippen molar-refractivity contribution in [3.8, 4) is 0 Å². The van der Waals surface area contributed by atoms with E-state index in [0.29, 0.717) is 10.2 Å². The van der Waals surface area contributed by atoms with Gasteiger partial charge < -0.3 is 0 Å². The molecule has 1 rings (SSSR count). The van der Waals surface area contributed by atoms with Gasteiger partial charge in [0.1, 0.15) is 4.60 Å². The normalized spacial score (nSPS) is 9.18. The summed E-state index contributed by atoms with van der Waals surface area (Å²) in [7, 11) is 0. The van der Waals surface area contributed by atoms with E-state index in [0.717, 1.165) is 0 Å². The maximum absolute atomic E-state index is 10.7. The molecule has 4 heteroatoms. The van der Waals surface area contributed by atoms with Gasteiger partial charge in [-0.1, -0.05) is 0 Å². The van der Waals surface area contributed by atoms with Crippen LogP contribution in [0.5, 0.6) is 0 Å². The minimum Gasteiger partial charge on any atom is -0.294 e. The lowest BCUT2D eigenvalue weighted by Gasteiger charge is -1.92. The summed E-state index contributed by atoms with van der Waals surface area (Å²) >= 11 is 3.08. The molecule has 3 nitrogen and oxygen atoms in total. The Morgan fingerprint density at radius 1 is 1.64 bits per heavy atom. The molecule has 0 aliphatic heterocycles. The summed E-state index contributed by atoms with van der Waals surface area (Å²) in [5.41, 5.74) is 0.349. The van der Waals surface area contributed by atoms with Gasteiger partial charge in [-0.3, -0.25) is 9.59 Å². The molecule has 0 aliphatic carbocycles. The largest absolute Gasteiger partial charge is 0.294 e. The monoisotopic (exact) mass is 213 g/mol. The highest BCUT2D eigenvalue weighted by molar-refractivity contribution is 9.10. The Kier molecular flexibility index (Phi) is 2.48. The molecule has 56 valence electrons. The van der Waals surface area contributed by atoms with Crippen molar-refractivity contribution >= 4 is 28.0 Å². The average Bonchev–Trinajstić information content (AvgIpc) is 2.03. The van der Waals surface area contributed by atoms with E-state index < -0.39 is 5.78 Å². The standard InChI is InChI=1S/C7H4BrNO2/c8-7-3-5(1-2-9-7)6(11)4-10/h1-4H. The number of aromatic nitrogens is 1. The number of halogens is 1. The van der Waals surface area contributed by atoms with E-state index in [-0.39, 0.29) is 6.29 Å². The second-order valence-corrected chi connectivity index (χ2v) is 2.66. The van der Waals surface area contributed by atoms with Crippen molar-refractivity contribution < 1.29 is 9.59 Å². The van der Waals surface area contributed by atoms with E-state index in [1.807, 2.05) is 0 Å². The number of Topliss-reactive ketones (excluding diaryl/α,β-unsaturated/α-hetero) is 1. The molecule has 0 N–H and O–H groups in total. The Morgan fingerprint density at radius 3 is 2.91 bits per heavy atom. The maximum atomic E-state index is 10.7. The van der Waals surface area contributed by atoms with Crippen molar-refractivity contribution in [2.75, 3.05) is 0 Å². The summed E-state index contributed by atoms with van der Waals surface area (Å²) in [4.78, 5) is 24.6. The Labute approximate surface area is 71.6 Å². The summed E-state index contributed by atoms with van der Waals surface area (Å²) in [6.07, 6.45) is 1.74. The third-order valence-electron chi connectivity index (χ3n) is 1.12. The molecule has 0 saturated heterocycles. The van der Waals surface area contributed by atoms with Gasteiger partial charge in [-0.2, -0.15) is 0 Å². The summed E-state index contributed by atoms with van der Waals surface area (Å²) in [6.45, 7) is 0. The lowest BCUT2D eigenvalue weighted by molar-refractivity contribution is -0.104. The predicted octanol–water partition coefficient (Wildman–Crippen LogP) is 1.23. The molecule has 1 aromatic heterocycles. The van der Waals surface area contributed by atoms with Gasteiger partial charge in [0.15, 0.2) is 6.29 Å². The Bertz CT molecular complexity index is 298. The number of hydrogen-bond acceptors (Lipinski definition) is 3. The summed E-state index contributed by atoms with van der Waals surface area (Å²) in [5, 5.41) is 0. The van der Waals surface area contributed by atoms with Crippen LogP contribution in [0.1, 0.15) is 10.4 Å². The van der Waals surface area contributed by atoms with Gasteiger partial charge in [0.25, 0.3) is 0 Å². The topological polar surface area (TPSA) is 47.0 Å². The first kappa shape index (κ1) is 8.07. The molecule has 1 aromatic rings. The van der Waals surface area contributed by atoms with Crippen molar-refractivity contribution in [3.05, 3.63) is 28.5 Å². The van der Waals surface area contributed by atoms with Gasteiger partial charge in [0.2, 0.25) is 5.78 Å². The van der Waals surface area contributed by atoms with Gasteiger partial charge in [-0.25, -0.2) is 4.98 Å². The summed E-state index contributed by atoms with van der Waals surface area (Å²) < 4.78 is 0.546. The minimum atomic E-state index is -0.534. The van der Waals surface area contributed by atoms with E-state index in [1.165, 1.54) is 18.3 Å². The number of rotatable bonds is 2. The average molecular weight is 214 g/mol. The molecule has 0 aliphatic rings. The maximum Gasteiger partial charge on any atom is 0.225 e. The SMILES string of the molecule is O=CC(=O)c1ccnc(Br)c1. The third kappa shape index (κ3) is 1.94. The predicted molar refractivity (Wildman–Crippen MR) is 42.3 cm³/mol. The van der Waals surface area contributed by atoms with Crippen molar-refractivity contribution in [3.63, 3.8) is 0 Å². The van der Waals surface area contributed by atoms with E-state index in [1.54, 1.807) is 0 Å². The highest BCUT2D eigenvalue weighted by Gasteiger charge is 2.02. The van der Waals surface area contributed by atoms with Crippen LogP contribution in [0.3, 0.4) is 0 Å². The number of ketones is 1. The van der Waals surface area contributed by atoms with E-state index in [2.05, 4.69) is 20.9 Å². The molecule has 0 saturated carbocycles. The number of pyridine rings is 1. The second-order valence-electron chi connectivity index (χ2n) is 1.85. The van der Waals surface area contributed by atoms with Crippen molar-refractivity contribution in [1.29, 1.82) is 0 Å². The van der Waals surface area contributed by atoms with Crippen LogP contribution >= 0.6 is 15.9 Å². The fourth-order valence-corrected chi connectivity index (χ4v) is 0.989.